The molecule has 1 saturated heterocycles. The first-order chi connectivity index (χ1) is 11.1. The Bertz CT molecular complexity index is 802. The molecule has 1 fully saturated rings. The summed E-state index contributed by atoms with van der Waals surface area (Å²) >= 11 is 1.67. The molecule has 1 aliphatic heterocycles. The van der Waals surface area contributed by atoms with Gasteiger partial charge < -0.3 is 15.7 Å². The minimum atomic E-state index is 0.122. The largest absolute Gasteiger partial charge is 0.508 e. The molecule has 5 rings (SSSR count). The van der Waals surface area contributed by atoms with Gasteiger partial charge in [0.15, 0.2) is 5.13 Å². The molecule has 1 aromatic heterocycles. The number of aromatic hydroxyl groups is 1. The van der Waals surface area contributed by atoms with Gasteiger partial charge in [-0.05, 0) is 62.0 Å². The van der Waals surface area contributed by atoms with E-state index in [9.17, 15) is 5.11 Å². The molecule has 3 N–H and O–H groups in total. The molecular formula is C18H21N3OS. The molecular weight excluding hydrogens is 306 g/mol. The van der Waals surface area contributed by atoms with Crippen LogP contribution in [-0.4, -0.2) is 34.6 Å². The molecule has 3 atom stereocenters. The number of likely N-dealkylation sites (N-methyl/N-ethyl adjacent to an activating group) is 1. The van der Waals surface area contributed by atoms with E-state index in [1.54, 1.807) is 11.3 Å². The number of piperidine rings is 1. The van der Waals surface area contributed by atoms with Gasteiger partial charge in [0.05, 0.1) is 5.69 Å². The van der Waals surface area contributed by atoms with E-state index >= 15 is 0 Å². The second kappa shape index (κ2) is 4.48. The summed E-state index contributed by atoms with van der Waals surface area (Å²) in [5, 5.41) is 10.8. The molecule has 0 amide bonds. The number of hydrogen-bond donors (Lipinski definition) is 2. The van der Waals surface area contributed by atoms with Gasteiger partial charge in [0, 0.05) is 22.8 Å². The Hall–Kier alpha value is -1.59. The fourth-order valence-corrected chi connectivity index (χ4v) is 6.22. The summed E-state index contributed by atoms with van der Waals surface area (Å²) in [5.41, 5.74) is 10.1. The number of nitrogens with two attached hydrogens (primary N) is 1. The highest BCUT2D eigenvalue weighted by Crippen LogP contribution is 2.55. The molecule has 0 unspecified atom stereocenters. The number of phenols is 1. The van der Waals surface area contributed by atoms with Crippen LogP contribution in [-0.2, 0) is 24.7 Å². The van der Waals surface area contributed by atoms with E-state index < -0.39 is 0 Å². The molecule has 0 radical (unpaired) electrons. The number of anilines is 1. The van der Waals surface area contributed by atoms with E-state index in [-0.39, 0.29) is 5.41 Å². The van der Waals surface area contributed by atoms with Crippen LogP contribution < -0.4 is 5.73 Å². The van der Waals surface area contributed by atoms with E-state index in [2.05, 4.69) is 23.0 Å². The highest BCUT2D eigenvalue weighted by atomic mass is 32.1. The number of nitrogens with zero attached hydrogens (tertiary/aromatic N) is 2. The predicted octanol–water partition coefficient (Wildman–Crippen LogP) is 2.34. The van der Waals surface area contributed by atoms with Crippen molar-refractivity contribution in [1.29, 1.82) is 0 Å². The third-order valence-corrected chi connectivity index (χ3v) is 7.34. The number of rotatable bonds is 0. The van der Waals surface area contributed by atoms with Crippen molar-refractivity contribution in [2.75, 3.05) is 19.3 Å². The zero-order valence-corrected chi connectivity index (χ0v) is 14.1. The Labute approximate surface area is 140 Å². The summed E-state index contributed by atoms with van der Waals surface area (Å²) in [6.07, 6.45) is 4.27. The van der Waals surface area contributed by atoms with Crippen molar-refractivity contribution < 1.29 is 5.11 Å². The van der Waals surface area contributed by atoms with Crippen LogP contribution >= 0.6 is 11.3 Å². The fraction of sp³-hybridized carbons (Fsp3) is 0.500. The van der Waals surface area contributed by atoms with Crippen LogP contribution in [0.25, 0.3) is 0 Å². The second-order valence-electron chi connectivity index (χ2n) is 7.41. The number of phenolic OH excluding ortho intramolecular Hbond substituents is 1. The molecule has 0 saturated carbocycles. The molecule has 2 bridgehead atoms. The van der Waals surface area contributed by atoms with Crippen molar-refractivity contribution in [3.63, 3.8) is 0 Å². The van der Waals surface area contributed by atoms with Crippen molar-refractivity contribution in [1.82, 2.24) is 9.88 Å². The number of thiazole rings is 1. The maximum absolute atomic E-state index is 10.1. The fourth-order valence-electron chi connectivity index (χ4n) is 5.31. The number of aromatic nitrogens is 1. The van der Waals surface area contributed by atoms with E-state index in [1.807, 2.05) is 12.1 Å². The number of fused-ring (bicyclic) bond motifs is 2. The number of hydrogen-bond acceptors (Lipinski definition) is 5. The highest BCUT2D eigenvalue weighted by Gasteiger charge is 2.55. The monoisotopic (exact) mass is 327 g/mol. The first-order valence-corrected chi connectivity index (χ1v) is 9.15. The first-order valence-electron chi connectivity index (χ1n) is 8.33. The van der Waals surface area contributed by atoms with Gasteiger partial charge in [-0.25, -0.2) is 4.98 Å². The van der Waals surface area contributed by atoms with Crippen LogP contribution in [0, 0.1) is 5.92 Å². The van der Waals surface area contributed by atoms with Crippen LogP contribution in [0.2, 0.25) is 0 Å². The van der Waals surface area contributed by atoms with Crippen LogP contribution in [0.15, 0.2) is 18.2 Å². The lowest BCUT2D eigenvalue weighted by Gasteiger charge is -2.57. The summed E-state index contributed by atoms with van der Waals surface area (Å²) in [6, 6.07) is 6.56. The number of likely N-dealkylation sites (tertiary alicyclic amines) is 1. The summed E-state index contributed by atoms with van der Waals surface area (Å²) in [7, 11) is 2.26. The van der Waals surface area contributed by atoms with Gasteiger partial charge >= 0.3 is 0 Å². The zero-order chi connectivity index (χ0) is 15.8. The molecule has 2 aliphatic carbocycles. The Morgan fingerprint density at radius 1 is 1.39 bits per heavy atom. The number of nitrogen functional groups attached to an aromatic ring is 1. The standard InChI is InChI=1S/C18H21N3OS/c1-21-5-4-18-9-14-16(23-17(19)20-14)8-13(18)15(21)6-10-2-3-11(22)7-12(10)18/h2-3,7,13,15,22H,4-6,8-9H2,1H3,(H2,19,20)/t13-,15+,18+/m0/s1. The van der Waals surface area contributed by atoms with Crippen molar-refractivity contribution in [2.45, 2.75) is 37.1 Å². The minimum absolute atomic E-state index is 0.122. The van der Waals surface area contributed by atoms with E-state index in [4.69, 9.17) is 5.73 Å². The van der Waals surface area contributed by atoms with Crippen LogP contribution in [0.3, 0.4) is 0 Å². The van der Waals surface area contributed by atoms with Crippen LogP contribution in [0.1, 0.15) is 28.1 Å². The van der Waals surface area contributed by atoms with E-state index in [1.165, 1.54) is 21.7 Å². The Morgan fingerprint density at radius 2 is 2.26 bits per heavy atom. The van der Waals surface area contributed by atoms with Crippen LogP contribution in [0.5, 0.6) is 5.75 Å². The van der Waals surface area contributed by atoms with E-state index in [0.717, 1.165) is 32.2 Å². The summed E-state index contributed by atoms with van der Waals surface area (Å²) in [4.78, 5) is 8.54. The zero-order valence-electron chi connectivity index (χ0n) is 13.2. The highest BCUT2D eigenvalue weighted by molar-refractivity contribution is 7.15. The Balaban J connectivity index is 1.74. The van der Waals surface area contributed by atoms with Crippen molar-refractivity contribution >= 4 is 16.5 Å². The maximum atomic E-state index is 10.1. The van der Waals surface area contributed by atoms with Gasteiger partial charge in [-0.2, -0.15) is 0 Å². The molecule has 5 heteroatoms. The predicted molar refractivity (Wildman–Crippen MR) is 91.9 cm³/mol. The SMILES string of the molecule is CN1CC[C@]23Cc4nc(N)sc4C[C@H]2[C@H]1Cc1ccc(O)cc13. The smallest absolute Gasteiger partial charge is 0.180 e. The van der Waals surface area contributed by atoms with Crippen molar-refractivity contribution in [3.8, 4) is 5.75 Å². The summed E-state index contributed by atoms with van der Waals surface area (Å²) in [6.45, 7) is 1.12. The van der Waals surface area contributed by atoms with Crippen molar-refractivity contribution in [3.05, 3.63) is 39.9 Å². The second-order valence-corrected chi connectivity index (χ2v) is 8.52. The lowest BCUT2D eigenvalue weighted by atomic mass is 9.53. The third kappa shape index (κ3) is 1.78. The average Bonchev–Trinajstić information content (AvgIpc) is 2.88. The van der Waals surface area contributed by atoms with Gasteiger partial charge in [0.2, 0.25) is 0 Å². The average molecular weight is 327 g/mol. The summed E-state index contributed by atoms with van der Waals surface area (Å²) in [5.74, 6) is 0.987. The topological polar surface area (TPSA) is 62.4 Å². The molecule has 3 aliphatic rings. The minimum Gasteiger partial charge on any atom is -0.508 e. The van der Waals surface area contributed by atoms with Gasteiger partial charge in [-0.1, -0.05) is 6.07 Å². The number of benzene rings is 1. The molecule has 4 nitrogen and oxygen atoms in total. The van der Waals surface area contributed by atoms with Crippen LogP contribution in [0.4, 0.5) is 5.13 Å². The Kier molecular flexibility index (Phi) is 2.69. The van der Waals surface area contributed by atoms with Gasteiger partial charge in [0.25, 0.3) is 0 Å². The van der Waals surface area contributed by atoms with Gasteiger partial charge in [-0.15, -0.1) is 11.3 Å². The Morgan fingerprint density at radius 3 is 3.13 bits per heavy atom. The van der Waals surface area contributed by atoms with Gasteiger partial charge in [0.1, 0.15) is 5.75 Å². The van der Waals surface area contributed by atoms with E-state index in [0.29, 0.717) is 22.8 Å². The first kappa shape index (κ1) is 13.8. The normalized spacial score (nSPS) is 32.0. The van der Waals surface area contributed by atoms with Gasteiger partial charge in [-0.3, -0.25) is 0 Å². The maximum Gasteiger partial charge on any atom is 0.180 e. The quantitative estimate of drug-likeness (QED) is 0.780. The lowest BCUT2D eigenvalue weighted by Crippen LogP contribution is -2.61. The molecule has 2 heterocycles. The molecule has 120 valence electrons. The molecule has 23 heavy (non-hydrogen) atoms. The summed E-state index contributed by atoms with van der Waals surface area (Å²) < 4.78 is 0. The van der Waals surface area contributed by atoms with Crippen molar-refractivity contribution in [2.24, 2.45) is 5.92 Å². The lowest BCUT2D eigenvalue weighted by molar-refractivity contribution is 0.0243. The molecule has 0 spiro atoms. The molecule has 2 aromatic rings. The third-order valence-electron chi connectivity index (χ3n) is 6.39. The molecule has 1 aromatic carbocycles.